The van der Waals surface area contributed by atoms with E-state index in [1.54, 1.807) is 4.68 Å². The maximum Gasteiger partial charge on any atom is 0.170 e. The van der Waals surface area contributed by atoms with Crippen molar-refractivity contribution in [1.82, 2.24) is 25.5 Å². The van der Waals surface area contributed by atoms with Gasteiger partial charge >= 0.3 is 0 Å². The van der Waals surface area contributed by atoms with Crippen LogP contribution in [0.3, 0.4) is 0 Å². The average molecular weight is 259 g/mol. The monoisotopic (exact) mass is 259 g/mol. The molecule has 5 nitrogen and oxygen atoms in total. The third-order valence-corrected chi connectivity index (χ3v) is 3.01. The molecule has 5 heteroatoms. The first-order valence-electron chi connectivity index (χ1n) is 6.69. The smallest absolute Gasteiger partial charge is 0.170 e. The van der Waals surface area contributed by atoms with E-state index in [0.717, 1.165) is 11.5 Å². The van der Waals surface area contributed by atoms with E-state index in [1.165, 1.54) is 5.56 Å². The molecule has 19 heavy (non-hydrogen) atoms. The standard InChI is InChI=1S/C14H21N5/c1-10(2)12-5-7-13(8-6-12)19-14(16-17-18-19)9-15-11(3)4/h5-8,10-11,15H,9H2,1-4H3. The van der Waals surface area contributed by atoms with Crippen LogP contribution in [-0.2, 0) is 6.54 Å². The van der Waals surface area contributed by atoms with Crippen LogP contribution in [0, 0.1) is 0 Å². The van der Waals surface area contributed by atoms with Gasteiger partial charge in [0.25, 0.3) is 0 Å². The lowest BCUT2D eigenvalue weighted by Crippen LogP contribution is -2.24. The molecule has 1 aromatic heterocycles. The van der Waals surface area contributed by atoms with Crippen molar-refractivity contribution in [2.75, 3.05) is 0 Å². The fourth-order valence-corrected chi connectivity index (χ4v) is 1.81. The van der Waals surface area contributed by atoms with Gasteiger partial charge in [-0.3, -0.25) is 0 Å². The van der Waals surface area contributed by atoms with Gasteiger partial charge in [0.2, 0.25) is 0 Å². The lowest BCUT2D eigenvalue weighted by atomic mass is 10.0. The Labute approximate surface area is 114 Å². The maximum absolute atomic E-state index is 4.06. The average Bonchev–Trinajstić information content (AvgIpc) is 2.84. The van der Waals surface area contributed by atoms with Crippen LogP contribution in [0.1, 0.15) is 45.0 Å². The van der Waals surface area contributed by atoms with E-state index in [1.807, 2.05) is 0 Å². The SMILES string of the molecule is CC(C)NCc1nnnn1-c1ccc(C(C)C)cc1. The van der Waals surface area contributed by atoms with E-state index >= 15 is 0 Å². The Hall–Kier alpha value is -1.75. The summed E-state index contributed by atoms with van der Waals surface area (Å²) in [5, 5.41) is 15.2. The van der Waals surface area contributed by atoms with Crippen LogP contribution < -0.4 is 5.32 Å². The highest BCUT2D eigenvalue weighted by Gasteiger charge is 2.09. The highest BCUT2D eigenvalue weighted by Crippen LogP contribution is 2.16. The second-order valence-electron chi connectivity index (χ2n) is 5.29. The Bertz CT molecular complexity index is 513. The molecule has 0 saturated heterocycles. The molecule has 0 atom stereocenters. The molecule has 102 valence electrons. The Morgan fingerprint density at radius 1 is 1.11 bits per heavy atom. The normalized spacial score (nSPS) is 11.5. The minimum atomic E-state index is 0.411. The van der Waals surface area contributed by atoms with Gasteiger partial charge in [-0.1, -0.05) is 39.8 Å². The lowest BCUT2D eigenvalue weighted by molar-refractivity contribution is 0.563. The fraction of sp³-hybridized carbons (Fsp3) is 0.500. The zero-order valence-electron chi connectivity index (χ0n) is 12.0. The third kappa shape index (κ3) is 3.38. The minimum Gasteiger partial charge on any atom is -0.308 e. The summed E-state index contributed by atoms with van der Waals surface area (Å²) < 4.78 is 1.78. The molecule has 0 saturated carbocycles. The summed E-state index contributed by atoms with van der Waals surface area (Å²) in [6.07, 6.45) is 0. The van der Waals surface area contributed by atoms with Crippen LogP contribution >= 0.6 is 0 Å². The van der Waals surface area contributed by atoms with Gasteiger partial charge in [0.05, 0.1) is 12.2 Å². The molecule has 0 aliphatic rings. The Balaban J connectivity index is 2.19. The molecular formula is C14H21N5. The summed E-state index contributed by atoms with van der Waals surface area (Å²) in [7, 11) is 0. The van der Waals surface area contributed by atoms with Gasteiger partial charge in [-0.25, -0.2) is 0 Å². The number of nitrogens with zero attached hydrogens (tertiary/aromatic N) is 4. The second-order valence-corrected chi connectivity index (χ2v) is 5.29. The van der Waals surface area contributed by atoms with E-state index in [-0.39, 0.29) is 0 Å². The largest absolute Gasteiger partial charge is 0.308 e. The van der Waals surface area contributed by atoms with Gasteiger partial charge in [-0.15, -0.1) is 5.10 Å². The van der Waals surface area contributed by atoms with Crippen molar-refractivity contribution < 1.29 is 0 Å². The predicted molar refractivity (Wildman–Crippen MR) is 75.2 cm³/mol. The van der Waals surface area contributed by atoms with Crippen molar-refractivity contribution in [2.24, 2.45) is 0 Å². The van der Waals surface area contributed by atoms with Crippen molar-refractivity contribution in [3.05, 3.63) is 35.7 Å². The number of tetrazole rings is 1. The molecule has 1 aromatic carbocycles. The number of hydrogen-bond acceptors (Lipinski definition) is 4. The molecule has 0 aliphatic carbocycles. The van der Waals surface area contributed by atoms with Gasteiger partial charge in [-0.2, -0.15) is 4.68 Å². The molecule has 0 amide bonds. The summed E-state index contributed by atoms with van der Waals surface area (Å²) in [6, 6.07) is 8.78. The number of benzene rings is 1. The summed E-state index contributed by atoms with van der Waals surface area (Å²) in [5.41, 5.74) is 2.31. The van der Waals surface area contributed by atoms with Crippen LogP contribution in [0.15, 0.2) is 24.3 Å². The molecule has 0 unspecified atom stereocenters. The third-order valence-electron chi connectivity index (χ3n) is 3.01. The quantitative estimate of drug-likeness (QED) is 0.895. The van der Waals surface area contributed by atoms with Crippen LogP contribution in [0.5, 0.6) is 0 Å². The van der Waals surface area contributed by atoms with E-state index in [4.69, 9.17) is 0 Å². The molecule has 2 aromatic rings. The summed E-state index contributed by atoms with van der Waals surface area (Å²) >= 11 is 0. The van der Waals surface area contributed by atoms with Gasteiger partial charge in [0.1, 0.15) is 0 Å². The molecule has 0 spiro atoms. The number of rotatable bonds is 5. The van der Waals surface area contributed by atoms with Crippen molar-refractivity contribution >= 4 is 0 Å². The molecule has 2 rings (SSSR count). The van der Waals surface area contributed by atoms with Gasteiger partial charge in [0.15, 0.2) is 5.82 Å². The lowest BCUT2D eigenvalue weighted by Gasteiger charge is -2.09. The topological polar surface area (TPSA) is 55.6 Å². The van der Waals surface area contributed by atoms with Crippen molar-refractivity contribution in [1.29, 1.82) is 0 Å². The highest BCUT2D eigenvalue weighted by atomic mass is 15.5. The Kier molecular flexibility index (Phi) is 4.27. The molecule has 0 bridgehead atoms. The fourth-order valence-electron chi connectivity index (χ4n) is 1.81. The van der Waals surface area contributed by atoms with E-state index in [2.05, 4.69) is 72.8 Å². The number of hydrogen-bond donors (Lipinski definition) is 1. The minimum absolute atomic E-state index is 0.411. The molecular weight excluding hydrogens is 238 g/mol. The summed E-state index contributed by atoms with van der Waals surface area (Å²) in [6.45, 7) is 9.24. The summed E-state index contributed by atoms with van der Waals surface area (Å²) in [5.74, 6) is 1.36. The van der Waals surface area contributed by atoms with Crippen molar-refractivity contribution in [3.63, 3.8) is 0 Å². The van der Waals surface area contributed by atoms with E-state index < -0.39 is 0 Å². The molecule has 1 heterocycles. The van der Waals surface area contributed by atoms with Crippen molar-refractivity contribution in [3.8, 4) is 5.69 Å². The second kappa shape index (κ2) is 5.93. The van der Waals surface area contributed by atoms with Crippen LogP contribution in [-0.4, -0.2) is 26.2 Å². The van der Waals surface area contributed by atoms with Crippen LogP contribution in [0.25, 0.3) is 5.69 Å². The predicted octanol–water partition coefficient (Wildman–Crippen LogP) is 2.28. The van der Waals surface area contributed by atoms with Crippen LogP contribution in [0.4, 0.5) is 0 Å². The molecule has 0 aliphatic heterocycles. The van der Waals surface area contributed by atoms with Gasteiger partial charge in [-0.05, 0) is 34.0 Å². The van der Waals surface area contributed by atoms with Crippen LogP contribution in [0.2, 0.25) is 0 Å². The number of nitrogens with one attached hydrogen (secondary N) is 1. The first-order valence-corrected chi connectivity index (χ1v) is 6.69. The Morgan fingerprint density at radius 2 is 1.79 bits per heavy atom. The molecule has 0 fully saturated rings. The number of aromatic nitrogens is 4. The maximum atomic E-state index is 4.06. The van der Waals surface area contributed by atoms with Gasteiger partial charge < -0.3 is 5.32 Å². The van der Waals surface area contributed by atoms with Gasteiger partial charge in [0, 0.05) is 6.04 Å². The summed E-state index contributed by atoms with van der Waals surface area (Å²) in [4.78, 5) is 0. The van der Waals surface area contributed by atoms with E-state index in [9.17, 15) is 0 Å². The molecule has 0 radical (unpaired) electrons. The highest BCUT2D eigenvalue weighted by molar-refractivity contribution is 5.35. The Morgan fingerprint density at radius 3 is 2.37 bits per heavy atom. The molecule has 1 N–H and O–H groups in total. The first-order chi connectivity index (χ1) is 9.08. The van der Waals surface area contributed by atoms with Crippen molar-refractivity contribution in [2.45, 2.75) is 46.2 Å². The van der Waals surface area contributed by atoms with E-state index in [0.29, 0.717) is 18.5 Å². The zero-order valence-corrected chi connectivity index (χ0v) is 12.0. The zero-order chi connectivity index (χ0) is 13.8. The first kappa shape index (κ1) is 13.7.